The van der Waals surface area contributed by atoms with E-state index in [2.05, 4.69) is 10.2 Å². The van der Waals surface area contributed by atoms with Crippen molar-refractivity contribution in [3.05, 3.63) is 59.7 Å². The Morgan fingerprint density at radius 3 is 2.10 bits per heavy atom. The van der Waals surface area contributed by atoms with Crippen LogP contribution in [-0.2, 0) is 24.6 Å². The van der Waals surface area contributed by atoms with Gasteiger partial charge in [0.2, 0.25) is 0 Å². The van der Waals surface area contributed by atoms with Crippen molar-refractivity contribution in [1.29, 1.82) is 0 Å². The highest BCUT2D eigenvalue weighted by Crippen LogP contribution is 2.46. The van der Waals surface area contributed by atoms with Crippen LogP contribution in [0.25, 0.3) is 11.0 Å². The van der Waals surface area contributed by atoms with Crippen LogP contribution < -0.4 is 0 Å². The fourth-order valence-corrected chi connectivity index (χ4v) is 4.32. The smallest absolute Gasteiger partial charge is 0.317 e. The maximum absolute atomic E-state index is 13.4. The lowest BCUT2D eigenvalue weighted by molar-refractivity contribution is -0.163. The Balaban J connectivity index is 2.02. The zero-order chi connectivity index (χ0) is 22.2. The van der Waals surface area contributed by atoms with E-state index in [1.807, 2.05) is 24.3 Å². The molecule has 8 heteroatoms. The number of ether oxygens (including phenoxy) is 2. The fraction of sp³-hybridized carbons (Fsp3) is 0.348. The SMILES string of the molecule is CCOC(=O)[C@H]1C(=O)c2ccccc2[C@@](C)(n2nc3ccccc3n2)[C@@H]1C(=O)OCC. The van der Waals surface area contributed by atoms with E-state index < -0.39 is 35.1 Å². The van der Waals surface area contributed by atoms with Crippen molar-refractivity contribution in [3.63, 3.8) is 0 Å². The minimum absolute atomic E-state index is 0.0838. The molecule has 4 rings (SSSR count). The highest BCUT2D eigenvalue weighted by Gasteiger charge is 2.59. The topological polar surface area (TPSA) is 100 Å². The van der Waals surface area contributed by atoms with Gasteiger partial charge in [-0.05, 0) is 38.5 Å². The first-order chi connectivity index (χ1) is 14.9. The summed E-state index contributed by atoms with van der Waals surface area (Å²) >= 11 is 0. The quantitative estimate of drug-likeness (QED) is 0.461. The molecule has 1 aromatic heterocycles. The molecule has 0 spiro atoms. The third kappa shape index (κ3) is 3.19. The van der Waals surface area contributed by atoms with Crippen molar-refractivity contribution in [2.45, 2.75) is 26.3 Å². The van der Waals surface area contributed by atoms with Crippen molar-refractivity contribution in [1.82, 2.24) is 15.0 Å². The van der Waals surface area contributed by atoms with E-state index >= 15 is 0 Å². The molecule has 1 heterocycles. The molecule has 0 unspecified atom stereocenters. The molecular weight excluding hydrogens is 398 g/mol. The van der Waals surface area contributed by atoms with Crippen LogP contribution in [0, 0.1) is 11.8 Å². The number of hydrogen-bond donors (Lipinski definition) is 0. The molecular formula is C23H23N3O5. The summed E-state index contributed by atoms with van der Waals surface area (Å²) in [5.74, 6) is -4.47. The largest absolute Gasteiger partial charge is 0.466 e. The van der Waals surface area contributed by atoms with Crippen molar-refractivity contribution >= 4 is 28.8 Å². The fourth-order valence-electron chi connectivity index (χ4n) is 4.32. The number of fused-ring (bicyclic) bond motifs is 2. The van der Waals surface area contributed by atoms with E-state index in [0.29, 0.717) is 22.2 Å². The second kappa shape index (κ2) is 7.94. The Kier molecular flexibility index (Phi) is 5.31. The number of aromatic nitrogens is 3. The first-order valence-electron chi connectivity index (χ1n) is 10.2. The number of carbonyl (C=O) groups excluding carboxylic acids is 3. The van der Waals surface area contributed by atoms with Gasteiger partial charge in [-0.1, -0.05) is 36.4 Å². The molecule has 0 fully saturated rings. The normalized spacial score (nSPS) is 22.7. The van der Waals surface area contributed by atoms with Gasteiger partial charge in [0.1, 0.15) is 28.4 Å². The van der Waals surface area contributed by atoms with Crippen molar-refractivity contribution in [2.24, 2.45) is 11.8 Å². The monoisotopic (exact) mass is 421 g/mol. The molecule has 0 bridgehead atoms. The molecule has 3 atom stereocenters. The Bertz CT molecular complexity index is 1140. The Morgan fingerprint density at radius 2 is 1.48 bits per heavy atom. The van der Waals surface area contributed by atoms with E-state index in [1.165, 1.54) is 4.80 Å². The molecule has 0 saturated carbocycles. The average Bonchev–Trinajstić information content (AvgIpc) is 3.21. The lowest BCUT2D eigenvalue weighted by atomic mass is 9.64. The van der Waals surface area contributed by atoms with Crippen LogP contribution in [0.1, 0.15) is 36.7 Å². The lowest BCUT2D eigenvalue weighted by Gasteiger charge is -2.42. The van der Waals surface area contributed by atoms with E-state index in [-0.39, 0.29) is 13.2 Å². The van der Waals surface area contributed by atoms with Gasteiger partial charge < -0.3 is 9.47 Å². The van der Waals surface area contributed by atoms with Crippen LogP contribution in [0.2, 0.25) is 0 Å². The average molecular weight is 421 g/mol. The van der Waals surface area contributed by atoms with Crippen LogP contribution >= 0.6 is 0 Å². The highest BCUT2D eigenvalue weighted by molar-refractivity contribution is 6.13. The molecule has 160 valence electrons. The van der Waals surface area contributed by atoms with Gasteiger partial charge in [0, 0.05) is 5.56 Å². The third-order valence-corrected chi connectivity index (χ3v) is 5.74. The molecule has 3 aromatic rings. The zero-order valence-electron chi connectivity index (χ0n) is 17.6. The highest BCUT2D eigenvalue weighted by atomic mass is 16.5. The van der Waals surface area contributed by atoms with Crippen molar-refractivity contribution < 1.29 is 23.9 Å². The summed E-state index contributed by atoms with van der Waals surface area (Å²) in [6.07, 6.45) is 0. The molecule has 0 saturated heterocycles. The number of benzene rings is 2. The first-order valence-corrected chi connectivity index (χ1v) is 10.2. The Hall–Kier alpha value is -3.55. The molecule has 0 N–H and O–H groups in total. The molecule has 1 aliphatic rings. The number of rotatable bonds is 5. The summed E-state index contributed by atoms with van der Waals surface area (Å²) in [6, 6.07) is 14.2. The van der Waals surface area contributed by atoms with Crippen LogP contribution in [0.5, 0.6) is 0 Å². The zero-order valence-corrected chi connectivity index (χ0v) is 17.6. The van der Waals surface area contributed by atoms with E-state index in [4.69, 9.17) is 9.47 Å². The van der Waals surface area contributed by atoms with Gasteiger partial charge in [0.05, 0.1) is 13.2 Å². The molecule has 31 heavy (non-hydrogen) atoms. The number of esters is 2. The molecule has 8 nitrogen and oxygen atoms in total. The summed E-state index contributed by atoms with van der Waals surface area (Å²) in [4.78, 5) is 41.0. The predicted molar refractivity (Wildman–Crippen MR) is 111 cm³/mol. The van der Waals surface area contributed by atoms with Gasteiger partial charge >= 0.3 is 11.9 Å². The summed E-state index contributed by atoms with van der Waals surface area (Å²) in [7, 11) is 0. The summed E-state index contributed by atoms with van der Waals surface area (Å²) in [5, 5.41) is 9.20. The lowest BCUT2D eigenvalue weighted by Crippen LogP contribution is -2.56. The maximum Gasteiger partial charge on any atom is 0.317 e. The molecule has 1 aliphatic carbocycles. The van der Waals surface area contributed by atoms with Gasteiger partial charge in [-0.2, -0.15) is 15.0 Å². The van der Waals surface area contributed by atoms with Gasteiger partial charge in [0.15, 0.2) is 5.78 Å². The van der Waals surface area contributed by atoms with E-state index in [9.17, 15) is 14.4 Å². The second-order valence-electron chi connectivity index (χ2n) is 7.49. The maximum atomic E-state index is 13.4. The standard InChI is InChI=1S/C23H23N3O5/c1-4-30-21(28)18-19(22(29)31-5-2)23(3,15-11-7-6-10-14(15)20(18)27)26-24-16-12-8-9-13-17(16)25-26/h6-13,18-19H,4-5H2,1-3H3/t18-,19+,23-/m1/s1. The molecule has 0 amide bonds. The van der Waals surface area contributed by atoms with E-state index in [0.717, 1.165) is 0 Å². The number of nitrogens with zero attached hydrogens (tertiary/aromatic N) is 3. The second-order valence-corrected chi connectivity index (χ2v) is 7.49. The first kappa shape index (κ1) is 20.7. The molecule has 0 aliphatic heterocycles. The van der Waals surface area contributed by atoms with Gasteiger partial charge in [-0.3, -0.25) is 14.4 Å². The Morgan fingerprint density at radius 1 is 0.935 bits per heavy atom. The van der Waals surface area contributed by atoms with Crippen LogP contribution in [0.3, 0.4) is 0 Å². The van der Waals surface area contributed by atoms with Crippen LogP contribution in [-0.4, -0.2) is 45.9 Å². The minimum atomic E-state index is -1.37. The van der Waals surface area contributed by atoms with Crippen molar-refractivity contribution in [2.75, 3.05) is 13.2 Å². The Labute approximate surface area is 179 Å². The number of ketones is 1. The minimum Gasteiger partial charge on any atom is -0.466 e. The van der Waals surface area contributed by atoms with E-state index in [1.54, 1.807) is 45.0 Å². The summed E-state index contributed by atoms with van der Waals surface area (Å²) in [5.41, 5.74) is 0.901. The summed E-state index contributed by atoms with van der Waals surface area (Å²) in [6.45, 7) is 5.27. The van der Waals surface area contributed by atoms with Crippen LogP contribution in [0.15, 0.2) is 48.5 Å². The van der Waals surface area contributed by atoms with Gasteiger partial charge in [0.25, 0.3) is 0 Å². The number of carbonyl (C=O) groups is 3. The van der Waals surface area contributed by atoms with Gasteiger partial charge in [-0.25, -0.2) is 0 Å². The van der Waals surface area contributed by atoms with Crippen molar-refractivity contribution in [3.8, 4) is 0 Å². The van der Waals surface area contributed by atoms with Crippen LogP contribution in [0.4, 0.5) is 0 Å². The number of Topliss-reactive ketones (excluding diaryl/α,β-unsaturated/α-hetero) is 1. The summed E-state index contributed by atoms with van der Waals surface area (Å²) < 4.78 is 10.5. The number of hydrogen-bond acceptors (Lipinski definition) is 7. The van der Waals surface area contributed by atoms with Gasteiger partial charge in [-0.15, -0.1) is 0 Å². The molecule has 0 radical (unpaired) electrons. The molecule has 2 aromatic carbocycles. The third-order valence-electron chi connectivity index (χ3n) is 5.74. The predicted octanol–water partition coefficient (Wildman–Crippen LogP) is 2.75.